The Balaban J connectivity index is 2.18. The van der Waals surface area contributed by atoms with Crippen molar-refractivity contribution in [2.24, 2.45) is 0 Å². The van der Waals surface area contributed by atoms with Crippen LogP contribution in [-0.4, -0.2) is 33.3 Å². The van der Waals surface area contributed by atoms with Gasteiger partial charge >= 0.3 is 0 Å². The van der Waals surface area contributed by atoms with E-state index in [9.17, 15) is 0 Å². The van der Waals surface area contributed by atoms with Crippen LogP contribution in [-0.2, 0) is 6.54 Å². The zero-order chi connectivity index (χ0) is 15.2. The van der Waals surface area contributed by atoms with Gasteiger partial charge in [-0.3, -0.25) is 0 Å². The second-order valence-corrected chi connectivity index (χ2v) is 8.11. The lowest BCUT2D eigenvalue weighted by atomic mass is 10.1. The number of aryl methyl sites for hydroxylation is 2. The molecule has 1 N–H and O–H groups in total. The highest BCUT2D eigenvalue weighted by molar-refractivity contribution is 8.06. The molecule has 118 valence electrons. The predicted octanol–water partition coefficient (Wildman–Crippen LogP) is 3.89. The van der Waals surface area contributed by atoms with Crippen molar-refractivity contribution in [3.8, 4) is 0 Å². The smallest absolute Gasteiger partial charge is 0.142 e. The van der Waals surface area contributed by atoms with Crippen molar-refractivity contribution < 1.29 is 0 Å². The van der Waals surface area contributed by atoms with E-state index in [0.717, 1.165) is 36.7 Å². The minimum atomic E-state index is 0.462. The summed E-state index contributed by atoms with van der Waals surface area (Å²) in [6.07, 6.45) is 2.36. The van der Waals surface area contributed by atoms with Crippen LogP contribution in [0.5, 0.6) is 0 Å². The van der Waals surface area contributed by atoms with E-state index < -0.39 is 0 Å². The van der Waals surface area contributed by atoms with E-state index in [1.54, 1.807) is 0 Å². The first-order valence-corrected chi connectivity index (χ1v) is 10.0. The third kappa shape index (κ3) is 4.36. The summed E-state index contributed by atoms with van der Waals surface area (Å²) in [5, 5.41) is 4.58. The Bertz CT molecular complexity index is 442. The maximum atomic E-state index is 4.85. The molecule has 0 bridgehead atoms. The topological polar surface area (TPSA) is 37.8 Å². The van der Waals surface area contributed by atoms with Gasteiger partial charge in [-0.05, 0) is 33.2 Å². The van der Waals surface area contributed by atoms with Crippen LogP contribution in [0.15, 0.2) is 0 Å². The number of hydrogen-bond donors (Lipinski definition) is 1. The van der Waals surface area contributed by atoms with Crippen molar-refractivity contribution in [3.05, 3.63) is 22.8 Å². The van der Waals surface area contributed by atoms with Crippen LogP contribution in [0.25, 0.3) is 0 Å². The van der Waals surface area contributed by atoms with Crippen molar-refractivity contribution in [2.45, 2.75) is 57.6 Å². The molecule has 1 aliphatic heterocycles. The van der Waals surface area contributed by atoms with E-state index in [2.05, 4.69) is 44.8 Å². The highest BCUT2D eigenvalue weighted by Gasteiger charge is 2.29. The molecule has 1 fully saturated rings. The van der Waals surface area contributed by atoms with Gasteiger partial charge in [0, 0.05) is 40.3 Å². The van der Waals surface area contributed by atoms with E-state index >= 15 is 0 Å². The number of nitrogens with one attached hydrogen (secondary N) is 1. The van der Waals surface area contributed by atoms with Crippen LogP contribution in [0, 0.1) is 13.8 Å². The Kier molecular flexibility index (Phi) is 6.83. The van der Waals surface area contributed by atoms with Gasteiger partial charge in [0.25, 0.3) is 0 Å². The average molecular weight is 326 g/mol. The molecule has 3 nitrogen and oxygen atoms in total. The van der Waals surface area contributed by atoms with Crippen molar-refractivity contribution in [2.75, 3.05) is 18.1 Å². The van der Waals surface area contributed by atoms with Gasteiger partial charge in [0.2, 0.25) is 0 Å². The summed E-state index contributed by atoms with van der Waals surface area (Å²) < 4.78 is 0. The summed E-state index contributed by atoms with van der Waals surface area (Å²) in [5.74, 6) is 3.53. The third-order valence-corrected chi connectivity index (χ3v) is 7.12. The van der Waals surface area contributed by atoms with E-state index in [4.69, 9.17) is 9.97 Å². The normalized spacial score (nSPS) is 22.5. The van der Waals surface area contributed by atoms with Gasteiger partial charge in [-0.15, -0.1) is 11.8 Å². The fraction of sp³-hybridized carbons (Fsp3) is 0.750. The molecule has 2 heterocycles. The summed E-state index contributed by atoms with van der Waals surface area (Å²) in [4.78, 5) is 9.70. The highest BCUT2D eigenvalue weighted by atomic mass is 32.2. The van der Waals surface area contributed by atoms with Gasteiger partial charge in [-0.2, -0.15) is 11.8 Å². The van der Waals surface area contributed by atoms with Crippen LogP contribution in [0.1, 0.15) is 54.7 Å². The predicted molar refractivity (Wildman–Crippen MR) is 95.2 cm³/mol. The molecule has 21 heavy (non-hydrogen) atoms. The summed E-state index contributed by atoms with van der Waals surface area (Å²) in [6.45, 7) is 10.7. The largest absolute Gasteiger partial charge is 0.313 e. The highest BCUT2D eigenvalue weighted by Crippen LogP contribution is 2.42. The average Bonchev–Trinajstić information content (AvgIpc) is 2.49. The number of hydrogen-bond acceptors (Lipinski definition) is 5. The van der Waals surface area contributed by atoms with E-state index in [1.807, 2.05) is 11.8 Å². The standard InChI is InChI=1S/C16H27N3S2/c1-5-7-17-10-13-11(3)18-16(19-12(13)4)15-14(6-2)20-8-9-21-15/h14-15,17H,5-10H2,1-4H3. The molecule has 0 radical (unpaired) electrons. The minimum Gasteiger partial charge on any atom is -0.313 e. The van der Waals surface area contributed by atoms with Crippen LogP contribution in [0.4, 0.5) is 0 Å². The van der Waals surface area contributed by atoms with Crippen LogP contribution in [0.3, 0.4) is 0 Å². The maximum Gasteiger partial charge on any atom is 0.142 e. The molecule has 2 atom stereocenters. The third-order valence-electron chi connectivity index (χ3n) is 3.87. The summed E-state index contributed by atoms with van der Waals surface area (Å²) in [7, 11) is 0. The fourth-order valence-electron chi connectivity index (χ4n) is 2.68. The lowest BCUT2D eigenvalue weighted by molar-refractivity contribution is 0.658. The van der Waals surface area contributed by atoms with E-state index in [0.29, 0.717) is 10.5 Å². The van der Waals surface area contributed by atoms with Gasteiger partial charge in [-0.1, -0.05) is 13.8 Å². The summed E-state index contributed by atoms with van der Waals surface area (Å²) >= 11 is 4.12. The molecule has 0 aliphatic carbocycles. The molecule has 0 spiro atoms. The summed E-state index contributed by atoms with van der Waals surface area (Å²) in [5.41, 5.74) is 3.56. The number of nitrogens with zero attached hydrogens (tertiary/aromatic N) is 2. The fourth-order valence-corrected chi connectivity index (χ4v) is 5.67. The van der Waals surface area contributed by atoms with Gasteiger partial charge < -0.3 is 5.32 Å². The second kappa shape index (κ2) is 8.39. The Morgan fingerprint density at radius 2 is 1.76 bits per heavy atom. The molecular weight excluding hydrogens is 298 g/mol. The van der Waals surface area contributed by atoms with Gasteiger partial charge in [-0.25, -0.2) is 9.97 Å². The lowest BCUT2D eigenvalue weighted by Gasteiger charge is -2.29. The molecule has 2 unspecified atom stereocenters. The van der Waals surface area contributed by atoms with Gasteiger partial charge in [0.05, 0.1) is 5.25 Å². The molecule has 0 amide bonds. The van der Waals surface area contributed by atoms with Crippen LogP contribution < -0.4 is 5.32 Å². The summed E-state index contributed by atoms with van der Waals surface area (Å²) in [6, 6.07) is 0. The molecule has 0 saturated carbocycles. The van der Waals surface area contributed by atoms with Crippen LogP contribution in [0.2, 0.25) is 0 Å². The van der Waals surface area contributed by atoms with Crippen molar-refractivity contribution in [3.63, 3.8) is 0 Å². The number of thioether (sulfide) groups is 2. The van der Waals surface area contributed by atoms with Crippen molar-refractivity contribution in [1.29, 1.82) is 0 Å². The SMILES string of the molecule is CCCNCc1c(C)nc(C2SCCSC2CC)nc1C. The van der Waals surface area contributed by atoms with Gasteiger partial charge in [0.15, 0.2) is 0 Å². The molecule has 5 heteroatoms. The zero-order valence-corrected chi connectivity index (χ0v) is 15.2. The molecule has 1 aliphatic rings. The monoisotopic (exact) mass is 325 g/mol. The molecule has 1 aromatic heterocycles. The maximum absolute atomic E-state index is 4.85. The van der Waals surface area contributed by atoms with E-state index in [1.165, 1.54) is 23.5 Å². The number of aromatic nitrogens is 2. The second-order valence-electron chi connectivity index (χ2n) is 5.52. The Morgan fingerprint density at radius 1 is 1.10 bits per heavy atom. The number of rotatable bonds is 6. The first kappa shape index (κ1) is 17.1. The van der Waals surface area contributed by atoms with Crippen LogP contribution >= 0.6 is 23.5 Å². The molecular formula is C16H27N3S2. The molecule has 1 saturated heterocycles. The lowest BCUT2D eigenvalue weighted by Crippen LogP contribution is -2.22. The quantitative estimate of drug-likeness (QED) is 0.803. The molecule has 0 aromatic carbocycles. The Labute approximate surface area is 137 Å². The zero-order valence-electron chi connectivity index (χ0n) is 13.6. The Morgan fingerprint density at radius 3 is 2.38 bits per heavy atom. The van der Waals surface area contributed by atoms with Gasteiger partial charge in [0.1, 0.15) is 5.82 Å². The molecule has 2 rings (SSSR count). The first-order valence-electron chi connectivity index (χ1n) is 7.95. The van der Waals surface area contributed by atoms with Crippen molar-refractivity contribution >= 4 is 23.5 Å². The van der Waals surface area contributed by atoms with Crippen molar-refractivity contribution in [1.82, 2.24) is 15.3 Å². The minimum absolute atomic E-state index is 0.462. The molecule has 1 aromatic rings. The first-order chi connectivity index (χ1) is 10.2. The Hall–Kier alpha value is -0.260. The van der Waals surface area contributed by atoms with E-state index in [-0.39, 0.29) is 0 Å².